The number of aryl methyl sites for hydroxylation is 1. The average Bonchev–Trinajstić information content (AvgIpc) is 2.57. The lowest BCUT2D eigenvalue weighted by Gasteiger charge is -2.25. The summed E-state index contributed by atoms with van der Waals surface area (Å²) in [6.07, 6.45) is 0.795. The van der Waals surface area contributed by atoms with Gasteiger partial charge in [0.15, 0.2) is 0 Å². The minimum Gasteiger partial charge on any atom is -0.480 e. The van der Waals surface area contributed by atoms with Crippen LogP contribution >= 0.6 is 27.3 Å². The largest absolute Gasteiger partial charge is 0.480 e. The minimum absolute atomic E-state index is 0.118. The highest BCUT2D eigenvalue weighted by Gasteiger charge is 2.37. The minimum atomic E-state index is -3.85. The zero-order valence-electron chi connectivity index (χ0n) is 10.9. The van der Waals surface area contributed by atoms with E-state index in [2.05, 4.69) is 20.7 Å². The van der Waals surface area contributed by atoms with Gasteiger partial charge in [-0.25, -0.2) is 8.42 Å². The summed E-state index contributed by atoms with van der Waals surface area (Å²) in [6, 6.07) is 1.48. The molecular formula is C11H16BrNO4S2. The molecule has 19 heavy (non-hydrogen) atoms. The third-order valence-corrected chi connectivity index (χ3v) is 6.12. The van der Waals surface area contributed by atoms with E-state index >= 15 is 0 Å². The van der Waals surface area contributed by atoms with Gasteiger partial charge in [0.25, 0.3) is 0 Å². The summed E-state index contributed by atoms with van der Waals surface area (Å²) in [5, 5.41) is 9.21. The molecule has 1 aromatic heterocycles. The molecule has 0 amide bonds. The van der Waals surface area contributed by atoms with Crippen molar-refractivity contribution >= 4 is 43.3 Å². The number of carbonyl (C=O) groups is 1. The molecule has 8 heteroatoms. The predicted octanol–water partition coefficient (Wildman–Crippen LogP) is 2.74. The van der Waals surface area contributed by atoms with Gasteiger partial charge in [0.2, 0.25) is 10.0 Å². The Morgan fingerprint density at radius 2 is 2.16 bits per heavy atom. The molecule has 1 aromatic rings. The number of aliphatic carboxylic acids is 1. The number of hydrogen-bond donors (Lipinski definition) is 2. The van der Waals surface area contributed by atoms with Crippen molar-refractivity contribution in [2.45, 2.75) is 44.0 Å². The molecule has 0 saturated carbocycles. The first kappa shape index (κ1) is 16.6. The molecule has 0 aliphatic carbocycles. The number of hydrogen-bond acceptors (Lipinski definition) is 4. The molecule has 0 aliphatic rings. The maximum absolute atomic E-state index is 12.3. The van der Waals surface area contributed by atoms with Crippen LogP contribution in [0.3, 0.4) is 0 Å². The lowest BCUT2D eigenvalue weighted by Crippen LogP contribution is -2.51. The smallest absolute Gasteiger partial charge is 0.324 e. The summed E-state index contributed by atoms with van der Waals surface area (Å²) < 4.78 is 27.5. The molecule has 0 spiro atoms. The number of carboxylic acid groups (broad SMARTS) is 1. The fourth-order valence-electron chi connectivity index (χ4n) is 1.75. The summed E-state index contributed by atoms with van der Waals surface area (Å²) in [7, 11) is -3.85. The van der Waals surface area contributed by atoms with Gasteiger partial charge in [0.1, 0.15) is 5.54 Å². The Bertz CT molecular complexity index is 582. The van der Waals surface area contributed by atoms with Crippen LogP contribution in [0.25, 0.3) is 0 Å². The molecule has 0 radical (unpaired) electrons. The Labute approximate surface area is 125 Å². The molecule has 1 heterocycles. The molecule has 0 fully saturated rings. The van der Waals surface area contributed by atoms with Crippen LogP contribution in [-0.2, 0) is 14.8 Å². The van der Waals surface area contributed by atoms with E-state index < -0.39 is 21.5 Å². The lowest BCUT2D eigenvalue weighted by molar-refractivity contribution is -0.143. The zero-order valence-corrected chi connectivity index (χ0v) is 14.1. The third kappa shape index (κ3) is 3.77. The van der Waals surface area contributed by atoms with E-state index in [0.717, 1.165) is 0 Å². The first-order valence-electron chi connectivity index (χ1n) is 5.65. The summed E-state index contributed by atoms with van der Waals surface area (Å²) >= 11 is 4.52. The highest BCUT2D eigenvalue weighted by molar-refractivity contribution is 9.11. The van der Waals surface area contributed by atoms with Crippen molar-refractivity contribution in [3.8, 4) is 0 Å². The second kappa shape index (κ2) is 5.90. The van der Waals surface area contributed by atoms with Crippen LogP contribution in [0.5, 0.6) is 0 Å². The van der Waals surface area contributed by atoms with Crippen LogP contribution in [0.15, 0.2) is 14.7 Å². The van der Waals surface area contributed by atoms with Crippen molar-refractivity contribution in [1.29, 1.82) is 0 Å². The quantitative estimate of drug-likeness (QED) is 0.807. The Morgan fingerprint density at radius 1 is 1.58 bits per heavy atom. The fraction of sp³-hybridized carbons (Fsp3) is 0.545. The molecule has 1 atom stereocenters. The van der Waals surface area contributed by atoms with E-state index in [-0.39, 0.29) is 11.3 Å². The van der Waals surface area contributed by atoms with Crippen molar-refractivity contribution in [2.75, 3.05) is 0 Å². The first-order chi connectivity index (χ1) is 8.62. The van der Waals surface area contributed by atoms with Gasteiger partial charge in [-0.2, -0.15) is 4.72 Å². The molecule has 0 aromatic carbocycles. The van der Waals surface area contributed by atoms with Crippen LogP contribution < -0.4 is 4.72 Å². The molecule has 0 aliphatic heterocycles. The maximum atomic E-state index is 12.3. The molecule has 108 valence electrons. The van der Waals surface area contributed by atoms with E-state index in [0.29, 0.717) is 15.1 Å². The van der Waals surface area contributed by atoms with Gasteiger partial charge in [-0.15, -0.1) is 11.3 Å². The van der Waals surface area contributed by atoms with Crippen LogP contribution in [0.1, 0.15) is 31.6 Å². The van der Waals surface area contributed by atoms with Crippen molar-refractivity contribution in [3.63, 3.8) is 0 Å². The Balaban J connectivity index is 3.15. The van der Waals surface area contributed by atoms with Crippen molar-refractivity contribution < 1.29 is 18.3 Å². The fourth-order valence-corrected chi connectivity index (χ4v) is 5.56. The van der Waals surface area contributed by atoms with E-state index in [1.165, 1.54) is 24.3 Å². The molecule has 1 unspecified atom stereocenters. The second-order valence-corrected chi connectivity index (χ2v) is 8.75. The summed E-state index contributed by atoms with van der Waals surface area (Å²) in [5.41, 5.74) is -1.49. The van der Waals surface area contributed by atoms with Gasteiger partial charge in [-0.1, -0.05) is 13.3 Å². The monoisotopic (exact) mass is 369 g/mol. The van der Waals surface area contributed by atoms with Crippen LogP contribution in [-0.4, -0.2) is 25.0 Å². The van der Waals surface area contributed by atoms with Crippen LogP contribution in [0.4, 0.5) is 0 Å². The number of halogens is 1. The van der Waals surface area contributed by atoms with E-state index in [1.807, 2.05) is 6.92 Å². The molecule has 0 bridgehead atoms. The first-order valence-corrected chi connectivity index (χ1v) is 8.75. The van der Waals surface area contributed by atoms with Gasteiger partial charge >= 0.3 is 5.97 Å². The van der Waals surface area contributed by atoms with E-state index in [4.69, 9.17) is 0 Å². The topological polar surface area (TPSA) is 83.5 Å². The third-order valence-electron chi connectivity index (χ3n) is 2.71. The lowest BCUT2D eigenvalue weighted by atomic mass is 9.98. The van der Waals surface area contributed by atoms with Crippen molar-refractivity contribution in [1.82, 2.24) is 4.72 Å². The highest BCUT2D eigenvalue weighted by Crippen LogP contribution is 2.30. The second-order valence-electron chi connectivity index (χ2n) is 4.46. The number of nitrogens with one attached hydrogen (secondary N) is 1. The van der Waals surface area contributed by atoms with Gasteiger partial charge in [-0.05, 0) is 42.3 Å². The number of carboxylic acids is 1. The van der Waals surface area contributed by atoms with Gasteiger partial charge in [0, 0.05) is 4.88 Å². The van der Waals surface area contributed by atoms with Crippen LogP contribution in [0.2, 0.25) is 0 Å². The SMILES string of the molecule is CCCC(C)(NS(=O)(=O)c1cc(Br)sc1C)C(=O)O. The normalized spacial score (nSPS) is 15.2. The molecule has 0 saturated heterocycles. The summed E-state index contributed by atoms with van der Waals surface area (Å²) in [5.74, 6) is -1.18. The number of rotatable bonds is 6. The Hall–Kier alpha value is -0.440. The maximum Gasteiger partial charge on any atom is 0.324 e. The molecule has 5 nitrogen and oxygen atoms in total. The van der Waals surface area contributed by atoms with Gasteiger partial charge in [-0.3, -0.25) is 4.79 Å². The zero-order chi connectivity index (χ0) is 14.8. The highest BCUT2D eigenvalue weighted by atomic mass is 79.9. The van der Waals surface area contributed by atoms with E-state index in [9.17, 15) is 18.3 Å². The molecular weight excluding hydrogens is 354 g/mol. The average molecular weight is 370 g/mol. The van der Waals surface area contributed by atoms with Gasteiger partial charge < -0.3 is 5.11 Å². The van der Waals surface area contributed by atoms with Crippen LogP contribution in [0, 0.1) is 6.92 Å². The van der Waals surface area contributed by atoms with Crippen molar-refractivity contribution in [2.24, 2.45) is 0 Å². The standard InChI is InChI=1S/C11H16BrNO4S2/c1-4-5-11(3,10(14)15)13-19(16,17)8-6-9(12)18-7(8)2/h6,13H,4-5H2,1-3H3,(H,14,15). The number of sulfonamides is 1. The van der Waals surface area contributed by atoms with Gasteiger partial charge in [0.05, 0.1) is 8.68 Å². The van der Waals surface area contributed by atoms with Crippen molar-refractivity contribution in [3.05, 3.63) is 14.7 Å². The number of thiophene rings is 1. The Kier molecular flexibility index (Phi) is 5.16. The molecule has 2 N–H and O–H groups in total. The predicted molar refractivity (Wildman–Crippen MR) is 78.0 cm³/mol. The summed E-state index contributed by atoms with van der Waals surface area (Å²) in [4.78, 5) is 12.0. The Morgan fingerprint density at radius 3 is 2.53 bits per heavy atom. The van der Waals surface area contributed by atoms with E-state index in [1.54, 1.807) is 6.92 Å². The molecule has 1 rings (SSSR count). The summed E-state index contributed by atoms with van der Waals surface area (Å²) in [6.45, 7) is 4.87.